The van der Waals surface area contributed by atoms with Crippen LogP contribution in [0.3, 0.4) is 0 Å². The van der Waals surface area contributed by atoms with Gasteiger partial charge in [-0.25, -0.2) is 0 Å². The summed E-state index contributed by atoms with van der Waals surface area (Å²) in [7, 11) is 0. The number of hydrogen-bond donors (Lipinski definition) is 1. The standard InChI is InChI=1S/C17H23NO2/c1-4-18-13(3)15-11-10-14-8-6-7-9-16(14)17(15)20-12-19-5-2/h6-11,13,18H,4-5,12H2,1-3H3. The molecule has 2 rings (SSSR count). The van der Waals surface area contributed by atoms with Gasteiger partial charge in [0.15, 0.2) is 6.79 Å². The molecule has 0 aromatic heterocycles. The van der Waals surface area contributed by atoms with E-state index in [1.165, 1.54) is 10.9 Å². The van der Waals surface area contributed by atoms with Crippen LogP contribution < -0.4 is 10.1 Å². The molecule has 3 heteroatoms. The molecule has 0 saturated heterocycles. The van der Waals surface area contributed by atoms with Gasteiger partial charge in [0, 0.05) is 23.6 Å². The highest BCUT2D eigenvalue weighted by molar-refractivity contribution is 5.89. The molecule has 0 aliphatic rings. The van der Waals surface area contributed by atoms with Crippen LogP contribution in [-0.2, 0) is 4.74 Å². The van der Waals surface area contributed by atoms with Gasteiger partial charge < -0.3 is 14.8 Å². The summed E-state index contributed by atoms with van der Waals surface area (Å²) in [6, 6.07) is 12.8. The number of ether oxygens (including phenoxy) is 2. The fourth-order valence-electron chi connectivity index (χ4n) is 2.36. The lowest BCUT2D eigenvalue weighted by Crippen LogP contribution is -2.19. The quantitative estimate of drug-likeness (QED) is 0.613. The maximum atomic E-state index is 5.90. The second kappa shape index (κ2) is 7.27. The summed E-state index contributed by atoms with van der Waals surface area (Å²) >= 11 is 0. The Bertz CT molecular complexity index is 554. The first-order chi connectivity index (χ1) is 9.77. The summed E-state index contributed by atoms with van der Waals surface area (Å²) in [4.78, 5) is 0. The Morgan fingerprint density at radius 2 is 1.90 bits per heavy atom. The summed E-state index contributed by atoms with van der Waals surface area (Å²) < 4.78 is 11.2. The molecule has 2 aromatic rings. The van der Waals surface area contributed by atoms with E-state index in [0.29, 0.717) is 6.61 Å². The van der Waals surface area contributed by atoms with E-state index < -0.39 is 0 Å². The minimum absolute atomic E-state index is 0.251. The van der Waals surface area contributed by atoms with Crippen LogP contribution in [0.15, 0.2) is 36.4 Å². The second-order valence-electron chi connectivity index (χ2n) is 4.74. The lowest BCUT2D eigenvalue weighted by Gasteiger charge is -2.19. The van der Waals surface area contributed by atoms with Crippen molar-refractivity contribution in [2.24, 2.45) is 0 Å². The normalized spacial score (nSPS) is 12.6. The third kappa shape index (κ3) is 3.30. The molecule has 1 unspecified atom stereocenters. The van der Waals surface area contributed by atoms with Gasteiger partial charge in [-0.1, -0.05) is 43.3 Å². The zero-order valence-electron chi connectivity index (χ0n) is 12.5. The van der Waals surface area contributed by atoms with Crippen LogP contribution in [0, 0.1) is 0 Å². The summed E-state index contributed by atoms with van der Waals surface area (Å²) in [6.45, 7) is 8.10. The maximum Gasteiger partial charge on any atom is 0.189 e. The van der Waals surface area contributed by atoms with Gasteiger partial charge in [0.1, 0.15) is 5.75 Å². The van der Waals surface area contributed by atoms with E-state index in [1.807, 2.05) is 19.1 Å². The molecule has 0 saturated carbocycles. The molecule has 0 amide bonds. The second-order valence-corrected chi connectivity index (χ2v) is 4.74. The average molecular weight is 273 g/mol. The van der Waals surface area contributed by atoms with Gasteiger partial charge in [-0.15, -0.1) is 0 Å². The fourth-order valence-corrected chi connectivity index (χ4v) is 2.36. The van der Waals surface area contributed by atoms with Crippen molar-refractivity contribution in [1.82, 2.24) is 5.32 Å². The minimum atomic E-state index is 0.251. The highest BCUT2D eigenvalue weighted by Crippen LogP contribution is 2.33. The molecule has 0 spiro atoms. The lowest BCUT2D eigenvalue weighted by molar-refractivity contribution is 0.0225. The van der Waals surface area contributed by atoms with E-state index in [1.54, 1.807) is 0 Å². The number of rotatable bonds is 7. The predicted octanol–water partition coefficient (Wildman–Crippen LogP) is 3.88. The van der Waals surface area contributed by atoms with Crippen LogP contribution in [0.5, 0.6) is 5.75 Å². The molecule has 1 N–H and O–H groups in total. The van der Waals surface area contributed by atoms with Crippen molar-refractivity contribution in [2.45, 2.75) is 26.8 Å². The summed E-state index contributed by atoms with van der Waals surface area (Å²) in [5, 5.41) is 5.76. The van der Waals surface area contributed by atoms with Crippen molar-refractivity contribution in [3.8, 4) is 5.75 Å². The highest BCUT2D eigenvalue weighted by Gasteiger charge is 2.14. The van der Waals surface area contributed by atoms with Crippen LogP contribution >= 0.6 is 0 Å². The summed E-state index contributed by atoms with van der Waals surface area (Å²) in [6.07, 6.45) is 0. The monoisotopic (exact) mass is 273 g/mol. The Kier molecular flexibility index (Phi) is 5.39. The van der Waals surface area contributed by atoms with Crippen LogP contribution in [0.1, 0.15) is 32.4 Å². The molecule has 1 atom stereocenters. The van der Waals surface area contributed by atoms with Crippen molar-refractivity contribution < 1.29 is 9.47 Å². The summed E-state index contributed by atoms with van der Waals surface area (Å²) in [5.74, 6) is 0.921. The summed E-state index contributed by atoms with van der Waals surface area (Å²) in [5.41, 5.74) is 1.17. The number of hydrogen-bond acceptors (Lipinski definition) is 3. The van der Waals surface area contributed by atoms with Gasteiger partial charge in [0.2, 0.25) is 0 Å². The van der Waals surface area contributed by atoms with Crippen molar-refractivity contribution in [3.63, 3.8) is 0 Å². The number of benzene rings is 2. The van der Waals surface area contributed by atoms with Gasteiger partial charge in [-0.05, 0) is 25.8 Å². The lowest BCUT2D eigenvalue weighted by atomic mass is 10.0. The van der Waals surface area contributed by atoms with Gasteiger partial charge in [-0.2, -0.15) is 0 Å². The first-order valence-corrected chi connectivity index (χ1v) is 7.23. The molecule has 0 bridgehead atoms. The minimum Gasteiger partial charge on any atom is -0.467 e. The van der Waals surface area contributed by atoms with Crippen LogP contribution in [0.4, 0.5) is 0 Å². The molecule has 0 heterocycles. The van der Waals surface area contributed by atoms with Crippen molar-refractivity contribution in [3.05, 3.63) is 42.0 Å². The van der Waals surface area contributed by atoms with E-state index in [-0.39, 0.29) is 12.8 Å². The molecule has 0 fully saturated rings. The van der Waals surface area contributed by atoms with Gasteiger partial charge in [0.05, 0.1) is 0 Å². The molecule has 0 radical (unpaired) electrons. The van der Waals surface area contributed by atoms with Gasteiger partial charge in [0.25, 0.3) is 0 Å². The van der Waals surface area contributed by atoms with E-state index in [2.05, 4.69) is 43.4 Å². The third-order valence-corrected chi connectivity index (χ3v) is 3.38. The van der Waals surface area contributed by atoms with E-state index in [0.717, 1.165) is 17.7 Å². The van der Waals surface area contributed by atoms with Crippen molar-refractivity contribution in [1.29, 1.82) is 0 Å². The Labute approximate surface area is 120 Å². The van der Waals surface area contributed by atoms with E-state index in [4.69, 9.17) is 9.47 Å². The molecule has 0 aliphatic carbocycles. The topological polar surface area (TPSA) is 30.5 Å². The molecule has 3 nitrogen and oxygen atoms in total. The first kappa shape index (κ1) is 14.8. The highest BCUT2D eigenvalue weighted by atomic mass is 16.7. The molecule has 108 valence electrons. The fraction of sp³-hybridized carbons (Fsp3) is 0.412. The molecule has 0 aliphatic heterocycles. The Morgan fingerprint density at radius 3 is 2.65 bits per heavy atom. The molecular weight excluding hydrogens is 250 g/mol. The Morgan fingerprint density at radius 1 is 1.10 bits per heavy atom. The van der Waals surface area contributed by atoms with Crippen molar-refractivity contribution >= 4 is 10.8 Å². The predicted molar refractivity (Wildman–Crippen MR) is 83.2 cm³/mol. The smallest absolute Gasteiger partial charge is 0.189 e. The SMILES string of the molecule is CCNC(C)c1ccc2ccccc2c1OCOCC. The average Bonchev–Trinajstić information content (AvgIpc) is 2.47. The van der Waals surface area contributed by atoms with Crippen LogP contribution in [0.2, 0.25) is 0 Å². The third-order valence-electron chi connectivity index (χ3n) is 3.38. The molecule has 2 aromatic carbocycles. The first-order valence-electron chi connectivity index (χ1n) is 7.23. The number of fused-ring (bicyclic) bond motifs is 1. The maximum absolute atomic E-state index is 5.90. The Hall–Kier alpha value is -1.58. The van der Waals surface area contributed by atoms with E-state index >= 15 is 0 Å². The van der Waals surface area contributed by atoms with Crippen LogP contribution in [-0.4, -0.2) is 19.9 Å². The largest absolute Gasteiger partial charge is 0.467 e. The molecule has 20 heavy (non-hydrogen) atoms. The van der Waals surface area contributed by atoms with E-state index in [9.17, 15) is 0 Å². The number of nitrogens with one attached hydrogen (secondary N) is 1. The zero-order chi connectivity index (χ0) is 14.4. The van der Waals surface area contributed by atoms with Gasteiger partial charge >= 0.3 is 0 Å². The zero-order valence-corrected chi connectivity index (χ0v) is 12.5. The molecular formula is C17H23NO2. The van der Waals surface area contributed by atoms with Crippen LogP contribution in [0.25, 0.3) is 10.8 Å². The van der Waals surface area contributed by atoms with Crippen molar-refractivity contribution in [2.75, 3.05) is 19.9 Å². The van der Waals surface area contributed by atoms with Gasteiger partial charge in [-0.3, -0.25) is 0 Å². The Balaban J connectivity index is 2.41.